The molecule has 0 unspecified atom stereocenters. The van der Waals surface area contributed by atoms with Crippen molar-refractivity contribution in [3.8, 4) is 17.2 Å². The minimum Gasteiger partial charge on any atom is -0.353 e. The summed E-state index contributed by atoms with van der Waals surface area (Å²) in [6.45, 7) is 1.89. The van der Waals surface area contributed by atoms with Gasteiger partial charge in [0.05, 0.1) is 11.6 Å². The quantitative estimate of drug-likeness (QED) is 0.616. The first-order chi connectivity index (χ1) is 15.1. The van der Waals surface area contributed by atoms with Crippen LogP contribution in [0.2, 0.25) is 0 Å². The number of likely N-dealkylation sites (N-methyl/N-ethyl adjacent to an activating group) is 1. The molecule has 0 atom stereocenters. The Bertz CT molecular complexity index is 1070. The molecule has 1 heterocycles. The van der Waals surface area contributed by atoms with Gasteiger partial charge in [0.25, 0.3) is 0 Å². The van der Waals surface area contributed by atoms with Crippen LogP contribution in [-0.4, -0.2) is 41.6 Å². The van der Waals surface area contributed by atoms with E-state index in [9.17, 15) is 4.79 Å². The smallest absolute Gasteiger partial charge is 0.239 e. The maximum Gasteiger partial charge on any atom is 0.239 e. The summed E-state index contributed by atoms with van der Waals surface area (Å²) in [7, 11) is 2.17. The maximum absolute atomic E-state index is 12.6. The third kappa shape index (κ3) is 5.15. The van der Waals surface area contributed by atoms with E-state index in [0.717, 1.165) is 28.6 Å². The largest absolute Gasteiger partial charge is 0.353 e. The monoisotopic (exact) mass is 414 g/mol. The number of fused-ring (bicyclic) bond motifs is 1. The SMILES string of the molecule is CN(CCNC(=O)Cn1ccc2ccc(-c3ccc(C#N)cc3)cc21)C1CCCCC1. The Morgan fingerprint density at radius 1 is 1.10 bits per heavy atom. The van der Waals surface area contributed by atoms with E-state index in [-0.39, 0.29) is 5.91 Å². The van der Waals surface area contributed by atoms with Crippen LogP contribution in [0.15, 0.2) is 54.7 Å². The topological polar surface area (TPSA) is 61.1 Å². The summed E-state index contributed by atoms with van der Waals surface area (Å²) in [4.78, 5) is 15.0. The molecular formula is C26H30N4O. The predicted molar refractivity (Wildman–Crippen MR) is 125 cm³/mol. The molecule has 1 saturated carbocycles. The fourth-order valence-electron chi connectivity index (χ4n) is 4.53. The highest BCUT2D eigenvalue weighted by atomic mass is 16.1. The van der Waals surface area contributed by atoms with Gasteiger partial charge in [-0.05, 0) is 60.7 Å². The van der Waals surface area contributed by atoms with Crippen LogP contribution in [0.3, 0.4) is 0 Å². The maximum atomic E-state index is 12.6. The lowest BCUT2D eigenvalue weighted by Gasteiger charge is -2.31. The van der Waals surface area contributed by atoms with Gasteiger partial charge in [-0.1, -0.05) is 43.5 Å². The molecule has 1 aliphatic carbocycles. The summed E-state index contributed by atoms with van der Waals surface area (Å²) in [6, 6.07) is 18.7. The number of benzene rings is 2. The van der Waals surface area contributed by atoms with E-state index in [0.29, 0.717) is 24.7 Å². The molecule has 5 heteroatoms. The molecule has 1 aliphatic rings. The summed E-state index contributed by atoms with van der Waals surface area (Å²) < 4.78 is 2.00. The molecule has 2 aromatic carbocycles. The van der Waals surface area contributed by atoms with Crippen LogP contribution < -0.4 is 5.32 Å². The molecule has 5 nitrogen and oxygen atoms in total. The number of amides is 1. The van der Waals surface area contributed by atoms with Crippen molar-refractivity contribution < 1.29 is 4.79 Å². The van der Waals surface area contributed by atoms with E-state index in [1.54, 1.807) is 0 Å². The van der Waals surface area contributed by atoms with Crippen LogP contribution in [-0.2, 0) is 11.3 Å². The van der Waals surface area contributed by atoms with Crippen molar-refractivity contribution in [2.24, 2.45) is 0 Å². The fourth-order valence-corrected chi connectivity index (χ4v) is 4.53. The number of nitrogens with zero attached hydrogens (tertiary/aromatic N) is 3. The van der Waals surface area contributed by atoms with Crippen molar-refractivity contribution in [2.75, 3.05) is 20.1 Å². The van der Waals surface area contributed by atoms with Crippen molar-refractivity contribution >= 4 is 16.8 Å². The first-order valence-electron chi connectivity index (χ1n) is 11.2. The Kier molecular flexibility index (Phi) is 6.69. The average Bonchev–Trinajstić information content (AvgIpc) is 3.21. The van der Waals surface area contributed by atoms with Gasteiger partial charge in [0.2, 0.25) is 5.91 Å². The zero-order chi connectivity index (χ0) is 21.6. The van der Waals surface area contributed by atoms with Gasteiger partial charge in [-0.25, -0.2) is 0 Å². The van der Waals surface area contributed by atoms with E-state index in [2.05, 4.69) is 41.5 Å². The Labute approximate surface area is 184 Å². The highest BCUT2D eigenvalue weighted by Crippen LogP contribution is 2.26. The molecule has 0 bridgehead atoms. The van der Waals surface area contributed by atoms with Gasteiger partial charge in [0.15, 0.2) is 0 Å². The van der Waals surface area contributed by atoms with E-state index < -0.39 is 0 Å². The number of hydrogen-bond donors (Lipinski definition) is 1. The van der Waals surface area contributed by atoms with Crippen molar-refractivity contribution in [3.05, 3.63) is 60.3 Å². The first kappa shape index (κ1) is 21.1. The summed E-state index contributed by atoms with van der Waals surface area (Å²) in [5.41, 5.74) is 3.82. The lowest BCUT2D eigenvalue weighted by Crippen LogP contribution is -2.40. The van der Waals surface area contributed by atoms with Crippen LogP contribution in [0.1, 0.15) is 37.7 Å². The number of rotatable bonds is 7. The molecule has 1 aromatic heterocycles. The summed E-state index contributed by atoms with van der Waals surface area (Å²) in [5.74, 6) is 0.0401. The summed E-state index contributed by atoms with van der Waals surface area (Å²) >= 11 is 0. The van der Waals surface area contributed by atoms with Gasteiger partial charge in [-0.3, -0.25) is 4.79 Å². The second-order valence-electron chi connectivity index (χ2n) is 8.53. The van der Waals surface area contributed by atoms with Crippen LogP contribution in [0.25, 0.3) is 22.0 Å². The fraction of sp³-hybridized carbons (Fsp3) is 0.385. The Morgan fingerprint density at radius 3 is 2.58 bits per heavy atom. The predicted octanol–water partition coefficient (Wildman–Crippen LogP) is 4.56. The van der Waals surface area contributed by atoms with E-state index >= 15 is 0 Å². The molecule has 3 aromatic rings. The molecule has 160 valence electrons. The number of carbonyl (C=O) groups excluding carboxylic acids is 1. The molecule has 31 heavy (non-hydrogen) atoms. The zero-order valence-corrected chi connectivity index (χ0v) is 18.2. The van der Waals surface area contributed by atoms with E-state index in [4.69, 9.17) is 5.26 Å². The Morgan fingerprint density at radius 2 is 1.84 bits per heavy atom. The van der Waals surface area contributed by atoms with Gasteiger partial charge < -0.3 is 14.8 Å². The number of nitriles is 1. The van der Waals surface area contributed by atoms with Crippen molar-refractivity contribution in [2.45, 2.75) is 44.7 Å². The van der Waals surface area contributed by atoms with Crippen LogP contribution >= 0.6 is 0 Å². The minimum absolute atomic E-state index is 0.0401. The van der Waals surface area contributed by atoms with Crippen molar-refractivity contribution in [1.29, 1.82) is 5.26 Å². The lowest BCUT2D eigenvalue weighted by molar-refractivity contribution is -0.121. The van der Waals surface area contributed by atoms with Gasteiger partial charge in [-0.2, -0.15) is 5.26 Å². The molecule has 0 radical (unpaired) electrons. The standard InChI is InChI=1S/C26H30N4O/c1-29(24-5-3-2-4-6-24)16-14-28-26(31)19-30-15-13-22-11-12-23(17-25(22)30)21-9-7-20(18-27)8-10-21/h7-13,15,17,24H,2-6,14,16,19H2,1H3,(H,28,31). The van der Waals surface area contributed by atoms with Gasteiger partial charge in [0, 0.05) is 30.8 Å². The number of aromatic nitrogens is 1. The summed E-state index contributed by atoms with van der Waals surface area (Å²) in [5, 5.41) is 13.2. The van der Waals surface area contributed by atoms with Gasteiger partial charge in [0.1, 0.15) is 6.54 Å². The zero-order valence-electron chi connectivity index (χ0n) is 18.2. The molecule has 1 N–H and O–H groups in total. The van der Waals surface area contributed by atoms with Crippen LogP contribution in [0.4, 0.5) is 0 Å². The highest BCUT2D eigenvalue weighted by Gasteiger charge is 2.17. The lowest BCUT2D eigenvalue weighted by atomic mass is 9.94. The second kappa shape index (κ2) is 9.80. The highest BCUT2D eigenvalue weighted by molar-refractivity contribution is 5.87. The molecule has 1 amide bonds. The van der Waals surface area contributed by atoms with Crippen LogP contribution in [0, 0.1) is 11.3 Å². The molecule has 0 aliphatic heterocycles. The second-order valence-corrected chi connectivity index (χ2v) is 8.53. The van der Waals surface area contributed by atoms with Gasteiger partial charge in [-0.15, -0.1) is 0 Å². The van der Waals surface area contributed by atoms with Crippen molar-refractivity contribution in [3.63, 3.8) is 0 Å². The van der Waals surface area contributed by atoms with E-state index in [1.165, 1.54) is 32.1 Å². The normalized spacial score (nSPS) is 14.6. The number of hydrogen-bond acceptors (Lipinski definition) is 3. The van der Waals surface area contributed by atoms with Crippen molar-refractivity contribution in [1.82, 2.24) is 14.8 Å². The third-order valence-corrected chi connectivity index (χ3v) is 6.42. The average molecular weight is 415 g/mol. The van der Waals surface area contributed by atoms with E-state index in [1.807, 2.05) is 41.1 Å². The van der Waals surface area contributed by atoms with Crippen LogP contribution in [0.5, 0.6) is 0 Å². The molecular weight excluding hydrogens is 384 g/mol. The Balaban J connectivity index is 1.37. The minimum atomic E-state index is 0.0401. The Hall–Kier alpha value is -3.10. The third-order valence-electron chi connectivity index (χ3n) is 6.42. The number of nitrogens with one attached hydrogen (secondary N) is 1. The summed E-state index contributed by atoms with van der Waals surface area (Å²) in [6.07, 6.45) is 8.54. The molecule has 0 saturated heterocycles. The molecule has 4 rings (SSSR count). The number of carbonyl (C=O) groups is 1. The first-order valence-corrected chi connectivity index (χ1v) is 11.2. The molecule has 1 fully saturated rings. The van der Waals surface area contributed by atoms with Gasteiger partial charge >= 0.3 is 0 Å². The molecule has 0 spiro atoms.